The Bertz CT molecular complexity index is 557. The average Bonchev–Trinajstić information content (AvgIpc) is 2.59. The minimum absolute atomic E-state index is 0.249. The zero-order valence-electron chi connectivity index (χ0n) is 14.7. The molecule has 1 aliphatic heterocycles. The van der Waals surface area contributed by atoms with Crippen LogP contribution in [-0.2, 0) is 4.79 Å². The van der Waals surface area contributed by atoms with Crippen LogP contribution in [0.5, 0.6) is 0 Å². The van der Waals surface area contributed by atoms with E-state index in [-0.39, 0.29) is 5.91 Å². The fourth-order valence-electron chi connectivity index (χ4n) is 4.07. The van der Waals surface area contributed by atoms with Crippen molar-refractivity contribution in [2.24, 2.45) is 11.3 Å². The molecule has 0 unspecified atom stereocenters. The van der Waals surface area contributed by atoms with Crippen LogP contribution in [0.1, 0.15) is 44.9 Å². The molecule has 2 fully saturated rings. The van der Waals surface area contributed by atoms with E-state index in [2.05, 4.69) is 14.9 Å². The molecule has 0 radical (unpaired) electrons. The monoisotopic (exact) mass is 334 g/mol. The van der Waals surface area contributed by atoms with Crippen molar-refractivity contribution in [3.05, 3.63) is 18.2 Å². The third-order valence-electron chi connectivity index (χ3n) is 5.84. The van der Waals surface area contributed by atoms with Crippen molar-refractivity contribution in [1.29, 1.82) is 0 Å². The second-order valence-electron chi connectivity index (χ2n) is 7.62. The van der Waals surface area contributed by atoms with Crippen LogP contribution in [0.25, 0.3) is 0 Å². The fourth-order valence-corrected chi connectivity index (χ4v) is 4.07. The Morgan fingerprint density at radius 3 is 2.33 bits per heavy atom. The van der Waals surface area contributed by atoms with Crippen LogP contribution in [0, 0.1) is 17.2 Å². The van der Waals surface area contributed by atoms with Crippen LogP contribution in [0.4, 0.5) is 10.3 Å². The molecule has 1 saturated heterocycles. The maximum Gasteiger partial charge on any atom is 0.225 e. The summed E-state index contributed by atoms with van der Waals surface area (Å²) in [5.41, 5.74) is 0.425. The van der Waals surface area contributed by atoms with Gasteiger partial charge in [0.2, 0.25) is 11.9 Å². The van der Waals surface area contributed by atoms with Crippen molar-refractivity contribution >= 4 is 11.9 Å². The number of hydrogen-bond donors (Lipinski definition) is 0. The number of carbonyl (C=O) groups is 1. The number of rotatable bonds is 3. The molecule has 5 nitrogen and oxygen atoms in total. The van der Waals surface area contributed by atoms with Gasteiger partial charge in [-0.3, -0.25) is 4.79 Å². The van der Waals surface area contributed by atoms with Crippen LogP contribution < -0.4 is 4.90 Å². The number of hydrogen-bond acceptors (Lipinski definition) is 4. The molecule has 3 rings (SSSR count). The maximum atomic E-state index is 12.9. The molecule has 0 N–H and O–H groups in total. The topological polar surface area (TPSA) is 49.3 Å². The number of nitrogens with zero attached hydrogens (tertiary/aromatic N) is 4. The molecule has 2 aliphatic rings. The first-order chi connectivity index (χ1) is 11.5. The Kier molecular flexibility index (Phi) is 5.01. The van der Waals surface area contributed by atoms with Gasteiger partial charge in [0.1, 0.15) is 0 Å². The molecule has 1 aliphatic carbocycles. The molecule has 1 spiro atoms. The summed E-state index contributed by atoms with van der Waals surface area (Å²) in [7, 11) is 3.67. The lowest BCUT2D eigenvalue weighted by molar-refractivity contribution is -0.130. The largest absolute Gasteiger partial charge is 0.349 e. The predicted molar refractivity (Wildman–Crippen MR) is 91.1 cm³/mol. The zero-order valence-corrected chi connectivity index (χ0v) is 14.7. The highest BCUT2D eigenvalue weighted by Gasteiger charge is 2.38. The highest BCUT2D eigenvalue weighted by Crippen LogP contribution is 2.47. The smallest absolute Gasteiger partial charge is 0.225 e. The van der Waals surface area contributed by atoms with Crippen molar-refractivity contribution in [2.75, 3.05) is 32.1 Å². The maximum absolute atomic E-state index is 12.9. The number of amides is 1. The number of anilines is 1. The van der Waals surface area contributed by atoms with Gasteiger partial charge in [0.05, 0.1) is 12.4 Å². The summed E-state index contributed by atoms with van der Waals surface area (Å²) in [6.45, 7) is 1.87. The third kappa shape index (κ3) is 3.84. The van der Waals surface area contributed by atoms with Crippen molar-refractivity contribution in [3.63, 3.8) is 0 Å². The van der Waals surface area contributed by atoms with Crippen LogP contribution in [-0.4, -0.2) is 48.0 Å². The summed E-state index contributed by atoms with van der Waals surface area (Å²) in [6, 6.07) is 0. The Balaban J connectivity index is 1.50. The molecule has 24 heavy (non-hydrogen) atoms. The van der Waals surface area contributed by atoms with E-state index in [0.717, 1.165) is 38.8 Å². The first kappa shape index (κ1) is 17.1. The number of carbonyl (C=O) groups excluding carboxylic acids is 1. The Morgan fingerprint density at radius 2 is 1.79 bits per heavy atom. The lowest BCUT2D eigenvalue weighted by Crippen LogP contribution is -2.43. The van der Waals surface area contributed by atoms with E-state index in [1.54, 1.807) is 4.90 Å². The molecule has 1 aromatic heterocycles. The first-order valence-electron chi connectivity index (χ1n) is 8.90. The van der Waals surface area contributed by atoms with E-state index >= 15 is 0 Å². The van der Waals surface area contributed by atoms with Gasteiger partial charge in [0.25, 0.3) is 0 Å². The van der Waals surface area contributed by atoms with Gasteiger partial charge in [-0.05, 0) is 49.9 Å². The zero-order chi connectivity index (χ0) is 17.2. The summed E-state index contributed by atoms with van der Waals surface area (Å²) in [4.78, 5) is 23.9. The highest BCUT2D eigenvalue weighted by atomic mass is 19.1. The third-order valence-corrected chi connectivity index (χ3v) is 5.84. The van der Waals surface area contributed by atoms with Gasteiger partial charge in [-0.15, -0.1) is 0 Å². The summed E-state index contributed by atoms with van der Waals surface area (Å²) < 4.78 is 12.9. The van der Waals surface area contributed by atoms with Gasteiger partial charge in [-0.25, -0.2) is 14.4 Å². The molecular formula is C18H27FN4O. The van der Waals surface area contributed by atoms with Crippen molar-refractivity contribution in [1.82, 2.24) is 14.9 Å². The molecule has 132 valence electrons. The minimum Gasteiger partial charge on any atom is -0.349 e. The minimum atomic E-state index is -0.391. The summed E-state index contributed by atoms with van der Waals surface area (Å²) >= 11 is 0. The molecular weight excluding hydrogens is 307 g/mol. The van der Waals surface area contributed by atoms with E-state index in [4.69, 9.17) is 0 Å². The molecule has 0 atom stereocenters. The van der Waals surface area contributed by atoms with E-state index in [9.17, 15) is 9.18 Å². The fraction of sp³-hybridized carbons (Fsp3) is 0.722. The molecule has 0 aromatic carbocycles. The Hall–Kier alpha value is -1.72. The van der Waals surface area contributed by atoms with Crippen LogP contribution in [0.3, 0.4) is 0 Å². The second-order valence-corrected chi connectivity index (χ2v) is 7.62. The van der Waals surface area contributed by atoms with Crippen LogP contribution >= 0.6 is 0 Å². The Labute approximate surface area is 143 Å². The summed E-state index contributed by atoms with van der Waals surface area (Å²) in [6.07, 6.45) is 10.2. The molecule has 0 bridgehead atoms. The number of aromatic nitrogens is 2. The van der Waals surface area contributed by atoms with Gasteiger partial charge in [-0.1, -0.05) is 0 Å². The average molecular weight is 334 g/mol. The standard InChI is InChI=1S/C18H27FN4O/c1-22(2)16(24)11-14-3-5-18(6-4-14)7-9-23(10-8-18)17-20-12-15(19)13-21-17/h12-14H,3-11H2,1-2H3. The van der Waals surface area contributed by atoms with E-state index in [1.807, 2.05) is 14.1 Å². The molecule has 1 amide bonds. The number of halogens is 1. The molecule has 6 heteroatoms. The highest BCUT2D eigenvalue weighted by molar-refractivity contribution is 5.75. The normalized spacial score (nSPS) is 21.0. The quantitative estimate of drug-likeness (QED) is 0.853. The first-order valence-corrected chi connectivity index (χ1v) is 8.90. The van der Waals surface area contributed by atoms with Gasteiger partial charge in [0.15, 0.2) is 5.82 Å². The summed E-state index contributed by atoms with van der Waals surface area (Å²) in [5.74, 6) is 1.04. The molecule has 2 heterocycles. The Morgan fingerprint density at radius 1 is 1.21 bits per heavy atom. The van der Waals surface area contributed by atoms with E-state index in [1.165, 1.54) is 25.2 Å². The van der Waals surface area contributed by atoms with Crippen molar-refractivity contribution < 1.29 is 9.18 Å². The van der Waals surface area contributed by atoms with Gasteiger partial charge in [-0.2, -0.15) is 0 Å². The lowest BCUT2D eigenvalue weighted by Gasteiger charge is -2.46. The van der Waals surface area contributed by atoms with Crippen molar-refractivity contribution in [2.45, 2.75) is 44.9 Å². The SMILES string of the molecule is CN(C)C(=O)CC1CCC2(CC1)CCN(c1ncc(F)cn1)CC2. The van der Waals surface area contributed by atoms with Gasteiger partial charge >= 0.3 is 0 Å². The lowest BCUT2D eigenvalue weighted by atomic mass is 9.65. The van der Waals surface area contributed by atoms with Crippen LogP contribution in [0.2, 0.25) is 0 Å². The second kappa shape index (κ2) is 7.03. The van der Waals surface area contributed by atoms with Crippen molar-refractivity contribution in [3.8, 4) is 0 Å². The number of piperidine rings is 1. The van der Waals surface area contributed by atoms with Gasteiger partial charge < -0.3 is 9.80 Å². The molecule has 1 aromatic rings. The molecule has 1 saturated carbocycles. The summed E-state index contributed by atoms with van der Waals surface area (Å²) in [5, 5.41) is 0. The van der Waals surface area contributed by atoms with E-state index in [0.29, 0.717) is 23.7 Å². The van der Waals surface area contributed by atoms with Crippen LogP contribution in [0.15, 0.2) is 12.4 Å². The predicted octanol–water partition coefficient (Wildman–Crippen LogP) is 2.87. The van der Waals surface area contributed by atoms with Gasteiger partial charge in [0, 0.05) is 33.6 Å². The van der Waals surface area contributed by atoms with E-state index < -0.39 is 5.82 Å².